The van der Waals surface area contributed by atoms with Crippen molar-refractivity contribution in [3.05, 3.63) is 53.6 Å². The minimum absolute atomic E-state index is 0.969. The summed E-state index contributed by atoms with van der Waals surface area (Å²) in [6.45, 7) is 7.42. The third kappa shape index (κ3) is 4.52. The monoisotopic (exact) mass is 257 g/mol. The lowest BCUT2D eigenvalue weighted by molar-refractivity contribution is 0.567. The molecule has 1 aromatic carbocycles. The number of aryl methyl sites for hydroxylation is 3. The van der Waals surface area contributed by atoms with E-state index in [1.165, 1.54) is 29.5 Å². The van der Waals surface area contributed by atoms with E-state index in [0.717, 1.165) is 19.6 Å². The molecule has 0 fully saturated rings. The summed E-state index contributed by atoms with van der Waals surface area (Å²) in [4.78, 5) is 4.04. The Bertz CT molecular complexity index is 489. The summed E-state index contributed by atoms with van der Waals surface area (Å²) in [5.74, 6) is 0. The predicted octanol–water partition coefficient (Wildman–Crippen LogP) is 3.07. The van der Waals surface area contributed by atoms with E-state index in [4.69, 9.17) is 0 Å². The first-order valence-corrected chi connectivity index (χ1v) is 6.98. The van der Waals surface area contributed by atoms with E-state index < -0.39 is 0 Å². The molecule has 3 heteroatoms. The summed E-state index contributed by atoms with van der Waals surface area (Å²) >= 11 is 0. The van der Waals surface area contributed by atoms with Crippen LogP contribution in [0.3, 0.4) is 0 Å². The maximum atomic E-state index is 4.04. The van der Waals surface area contributed by atoms with Gasteiger partial charge in [-0.1, -0.05) is 23.8 Å². The van der Waals surface area contributed by atoms with Crippen LogP contribution in [0.2, 0.25) is 0 Å². The summed E-state index contributed by atoms with van der Waals surface area (Å²) in [7, 11) is 0. The average molecular weight is 257 g/mol. The SMILES string of the molecule is Cc1ccc(CNCCCCn2ccnc2)c(C)c1. The maximum absolute atomic E-state index is 4.04. The third-order valence-corrected chi connectivity index (χ3v) is 3.39. The number of hydrogen-bond acceptors (Lipinski definition) is 2. The van der Waals surface area contributed by atoms with Crippen molar-refractivity contribution in [3.8, 4) is 0 Å². The van der Waals surface area contributed by atoms with E-state index in [1.54, 1.807) is 0 Å². The number of nitrogens with one attached hydrogen (secondary N) is 1. The van der Waals surface area contributed by atoms with Crippen molar-refractivity contribution in [1.29, 1.82) is 0 Å². The van der Waals surface area contributed by atoms with Gasteiger partial charge in [-0.25, -0.2) is 4.98 Å². The molecule has 0 radical (unpaired) electrons. The smallest absolute Gasteiger partial charge is 0.0945 e. The van der Waals surface area contributed by atoms with Gasteiger partial charge in [0.15, 0.2) is 0 Å². The van der Waals surface area contributed by atoms with E-state index in [2.05, 4.69) is 46.9 Å². The van der Waals surface area contributed by atoms with Gasteiger partial charge < -0.3 is 9.88 Å². The van der Waals surface area contributed by atoms with Crippen LogP contribution in [0.25, 0.3) is 0 Å². The Morgan fingerprint density at radius 3 is 2.84 bits per heavy atom. The molecule has 0 amide bonds. The third-order valence-electron chi connectivity index (χ3n) is 3.39. The molecule has 102 valence electrons. The first kappa shape index (κ1) is 13.8. The number of unbranched alkanes of at least 4 members (excludes halogenated alkanes) is 1. The van der Waals surface area contributed by atoms with Crippen LogP contribution in [-0.2, 0) is 13.1 Å². The Morgan fingerprint density at radius 1 is 1.21 bits per heavy atom. The quantitative estimate of drug-likeness (QED) is 0.773. The van der Waals surface area contributed by atoms with Gasteiger partial charge in [0.1, 0.15) is 0 Å². The molecule has 0 aliphatic carbocycles. The van der Waals surface area contributed by atoms with Crippen LogP contribution in [0, 0.1) is 13.8 Å². The minimum Gasteiger partial charge on any atom is -0.337 e. The van der Waals surface area contributed by atoms with Gasteiger partial charge in [-0.05, 0) is 44.4 Å². The van der Waals surface area contributed by atoms with Gasteiger partial charge in [-0.3, -0.25) is 0 Å². The summed E-state index contributed by atoms with van der Waals surface area (Å²) in [5, 5.41) is 3.52. The highest BCUT2D eigenvalue weighted by Gasteiger charge is 1.98. The Balaban J connectivity index is 1.61. The fraction of sp³-hybridized carbons (Fsp3) is 0.438. The highest BCUT2D eigenvalue weighted by atomic mass is 15.0. The summed E-state index contributed by atoms with van der Waals surface area (Å²) in [6, 6.07) is 6.66. The number of benzene rings is 1. The number of hydrogen-bond donors (Lipinski definition) is 1. The molecule has 0 atom stereocenters. The zero-order valence-electron chi connectivity index (χ0n) is 11.9. The summed E-state index contributed by atoms with van der Waals surface area (Å²) < 4.78 is 2.13. The Kier molecular flexibility index (Phi) is 5.16. The van der Waals surface area contributed by atoms with Crippen LogP contribution in [0.1, 0.15) is 29.5 Å². The topological polar surface area (TPSA) is 29.9 Å². The predicted molar refractivity (Wildman–Crippen MR) is 79.1 cm³/mol. The molecule has 19 heavy (non-hydrogen) atoms. The van der Waals surface area contributed by atoms with Crippen molar-refractivity contribution in [2.75, 3.05) is 6.54 Å². The molecule has 0 saturated carbocycles. The average Bonchev–Trinajstić information content (AvgIpc) is 2.89. The van der Waals surface area contributed by atoms with Gasteiger partial charge in [-0.2, -0.15) is 0 Å². The van der Waals surface area contributed by atoms with Gasteiger partial charge in [0.2, 0.25) is 0 Å². The maximum Gasteiger partial charge on any atom is 0.0945 e. The number of nitrogens with zero attached hydrogens (tertiary/aromatic N) is 2. The highest BCUT2D eigenvalue weighted by molar-refractivity contribution is 5.30. The molecular formula is C16H23N3. The number of imidazole rings is 1. The van der Waals surface area contributed by atoms with E-state index in [1.807, 2.05) is 18.7 Å². The normalized spacial score (nSPS) is 10.8. The van der Waals surface area contributed by atoms with Crippen LogP contribution < -0.4 is 5.32 Å². The molecule has 0 unspecified atom stereocenters. The second kappa shape index (κ2) is 7.10. The van der Waals surface area contributed by atoms with Gasteiger partial charge >= 0.3 is 0 Å². The summed E-state index contributed by atoms with van der Waals surface area (Å²) in [6.07, 6.45) is 8.12. The van der Waals surface area contributed by atoms with Crippen molar-refractivity contribution < 1.29 is 0 Å². The molecular weight excluding hydrogens is 234 g/mol. The van der Waals surface area contributed by atoms with Crippen molar-refractivity contribution in [2.45, 2.75) is 39.8 Å². The molecule has 0 spiro atoms. The second-order valence-electron chi connectivity index (χ2n) is 5.11. The van der Waals surface area contributed by atoms with Gasteiger partial charge in [0.25, 0.3) is 0 Å². The first-order valence-electron chi connectivity index (χ1n) is 6.98. The van der Waals surface area contributed by atoms with Crippen LogP contribution in [0.5, 0.6) is 0 Å². The van der Waals surface area contributed by atoms with Gasteiger partial charge in [0.05, 0.1) is 6.33 Å². The molecule has 1 N–H and O–H groups in total. The standard InChI is InChI=1S/C16H23N3/c1-14-5-6-16(15(2)11-14)12-17-7-3-4-9-19-10-8-18-13-19/h5-6,8,10-11,13,17H,3-4,7,9,12H2,1-2H3. The minimum atomic E-state index is 0.969. The molecule has 2 aromatic rings. The fourth-order valence-corrected chi connectivity index (χ4v) is 2.23. The lowest BCUT2D eigenvalue weighted by atomic mass is 10.1. The molecule has 0 saturated heterocycles. The molecule has 1 heterocycles. The van der Waals surface area contributed by atoms with E-state index in [-0.39, 0.29) is 0 Å². The Hall–Kier alpha value is -1.61. The lowest BCUT2D eigenvalue weighted by Crippen LogP contribution is -2.16. The van der Waals surface area contributed by atoms with Crippen molar-refractivity contribution in [1.82, 2.24) is 14.9 Å². The molecule has 3 nitrogen and oxygen atoms in total. The highest BCUT2D eigenvalue weighted by Crippen LogP contribution is 2.10. The van der Waals surface area contributed by atoms with Crippen molar-refractivity contribution in [3.63, 3.8) is 0 Å². The fourth-order valence-electron chi connectivity index (χ4n) is 2.23. The largest absolute Gasteiger partial charge is 0.337 e. The van der Waals surface area contributed by atoms with Crippen LogP contribution in [0.15, 0.2) is 36.9 Å². The zero-order chi connectivity index (χ0) is 13.5. The van der Waals surface area contributed by atoms with E-state index in [0.29, 0.717) is 0 Å². The molecule has 0 bridgehead atoms. The molecule has 0 aliphatic heterocycles. The van der Waals surface area contributed by atoms with E-state index >= 15 is 0 Å². The van der Waals surface area contributed by atoms with Crippen molar-refractivity contribution >= 4 is 0 Å². The number of aromatic nitrogens is 2. The lowest BCUT2D eigenvalue weighted by Gasteiger charge is -2.09. The van der Waals surface area contributed by atoms with Crippen LogP contribution in [-0.4, -0.2) is 16.1 Å². The van der Waals surface area contributed by atoms with Gasteiger partial charge in [-0.15, -0.1) is 0 Å². The van der Waals surface area contributed by atoms with Gasteiger partial charge in [0, 0.05) is 25.5 Å². The summed E-state index contributed by atoms with van der Waals surface area (Å²) in [5.41, 5.74) is 4.12. The van der Waals surface area contributed by atoms with Crippen molar-refractivity contribution in [2.24, 2.45) is 0 Å². The number of rotatable bonds is 7. The zero-order valence-corrected chi connectivity index (χ0v) is 11.9. The van der Waals surface area contributed by atoms with Crippen LogP contribution >= 0.6 is 0 Å². The second-order valence-corrected chi connectivity index (χ2v) is 5.11. The van der Waals surface area contributed by atoms with Crippen LogP contribution in [0.4, 0.5) is 0 Å². The van der Waals surface area contributed by atoms with E-state index in [9.17, 15) is 0 Å². The first-order chi connectivity index (χ1) is 9.25. The molecule has 2 rings (SSSR count). The molecule has 1 aromatic heterocycles. The molecule has 0 aliphatic rings. The Morgan fingerprint density at radius 2 is 2.11 bits per heavy atom. The Labute approximate surface area is 115 Å².